The molecule has 0 aliphatic carbocycles. The molecule has 186 valence electrons. The van der Waals surface area contributed by atoms with Crippen molar-refractivity contribution in [1.82, 2.24) is 14.9 Å². The zero-order chi connectivity index (χ0) is 25.6. The van der Waals surface area contributed by atoms with E-state index >= 15 is 4.39 Å². The monoisotopic (exact) mass is 510 g/mol. The molecule has 0 saturated carbocycles. The summed E-state index contributed by atoms with van der Waals surface area (Å²) in [5.74, 6) is -1.18. The van der Waals surface area contributed by atoms with Crippen LogP contribution in [0.2, 0.25) is 5.02 Å². The summed E-state index contributed by atoms with van der Waals surface area (Å²) < 4.78 is 35.5. The van der Waals surface area contributed by atoms with Crippen LogP contribution in [0, 0.1) is 11.6 Å². The fourth-order valence-electron chi connectivity index (χ4n) is 4.49. The SMILES string of the molecule is CC(C)(C)OC(=O)N1CCN(c2ccnc3c(F)c(-c4cccc5ccc(F)c(Cl)c45)ncc23)CC1. The van der Waals surface area contributed by atoms with E-state index in [1.165, 1.54) is 6.07 Å². The van der Waals surface area contributed by atoms with Crippen LogP contribution in [-0.2, 0) is 4.74 Å². The van der Waals surface area contributed by atoms with Crippen LogP contribution in [0.5, 0.6) is 0 Å². The molecule has 4 aromatic rings. The van der Waals surface area contributed by atoms with E-state index in [0.29, 0.717) is 47.9 Å². The molecule has 1 aliphatic heterocycles. The van der Waals surface area contributed by atoms with Gasteiger partial charge in [-0.2, -0.15) is 0 Å². The van der Waals surface area contributed by atoms with Gasteiger partial charge in [0.2, 0.25) is 0 Å². The molecule has 5 rings (SSSR count). The van der Waals surface area contributed by atoms with Gasteiger partial charge in [-0.05, 0) is 38.3 Å². The minimum atomic E-state index is -0.602. The van der Waals surface area contributed by atoms with Gasteiger partial charge >= 0.3 is 6.09 Å². The summed E-state index contributed by atoms with van der Waals surface area (Å²) in [5, 5.41) is 1.57. The van der Waals surface area contributed by atoms with Gasteiger partial charge in [-0.1, -0.05) is 35.9 Å². The Balaban J connectivity index is 1.49. The average molecular weight is 511 g/mol. The molecule has 2 aromatic carbocycles. The van der Waals surface area contributed by atoms with Crippen molar-refractivity contribution >= 4 is 45.1 Å². The van der Waals surface area contributed by atoms with Crippen molar-refractivity contribution in [3.8, 4) is 11.3 Å². The molecule has 0 unspecified atom stereocenters. The van der Waals surface area contributed by atoms with Gasteiger partial charge in [-0.3, -0.25) is 9.97 Å². The number of aromatic nitrogens is 2. The lowest BCUT2D eigenvalue weighted by Gasteiger charge is -2.37. The van der Waals surface area contributed by atoms with Crippen LogP contribution < -0.4 is 4.90 Å². The molecule has 1 amide bonds. The second-order valence-electron chi connectivity index (χ2n) is 9.73. The Kier molecular flexibility index (Phi) is 6.16. The number of hydrogen-bond donors (Lipinski definition) is 0. The zero-order valence-electron chi connectivity index (χ0n) is 20.2. The molecule has 2 aromatic heterocycles. The second-order valence-corrected chi connectivity index (χ2v) is 10.1. The molecular weight excluding hydrogens is 486 g/mol. The quantitative estimate of drug-likeness (QED) is 0.310. The van der Waals surface area contributed by atoms with Crippen LogP contribution >= 0.6 is 11.6 Å². The zero-order valence-corrected chi connectivity index (χ0v) is 20.9. The van der Waals surface area contributed by atoms with Crippen LogP contribution in [0.1, 0.15) is 20.8 Å². The van der Waals surface area contributed by atoms with Crippen LogP contribution in [-0.4, -0.2) is 52.7 Å². The van der Waals surface area contributed by atoms with E-state index in [9.17, 15) is 9.18 Å². The number of rotatable bonds is 2. The van der Waals surface area contributed by atoms with E-state index in [1.807, 2.05) is 26.8 Å². The Morgan fingerprint density at radius 3 is 2.50 bits per heavy atom. The third kappa shape index (κ3) is 4.41. The molecule has 1 aliphatic rings. The minimum absolute atomic E-state index is 0.0556. The lowest BCUT2D eigenvalue weighted by Crippen LogP contribution is -2.50. The Morgan fingerprint density at radius 2 is 1.78 bits per heavy atom. The molecule has 6 nitrogen and oxygen atoms in total. The molecule has 3 heterocycles. The number of benzene rings is 2. The fourth-order valence-corrected chi connectivity index (χ4v) is 4.76. The van der Waals surface area contributed by atoms with Crippen LogP contribution in [0.3, 0.4) is 0 Å². The normalized spacial score (nSPS) is 14.5. The third-order valence-corrected chi connectivity index (χ3v) is 6.54. The van der Waals surface area contributed by atoms with Crippen molar-refractivity contribution in [2.45, 2.75) is 26.4 Å². The predicted octanol–water partition coefficient (Wildman–Crippen LogP) is 6.44. The van der Waals surface area contributed by atoms with Gasteiger partial charge in [-0.25, -0.2) is 13.6 Å². The lowest BCUT2D eigenvalue weighted by atomic mass is 10.00. The van der Waals surface area contributed by atoms with Crippen LogP contribution in [0.4, 0.5) is 19.3 Å². The smallest absolute Gasteiger partial charge is 0.410 e. The highest BCUT2D eigenvalue weighted by molar-refractivity contribution is 6.36. The van der Waals surface area contributed by atoms with Crippen molar-refractivity contribution in [2.24, 2.45) is 0 Å². The molecule has 1 fully saturated rings. The summed E-state index contributed by atoms with van der Waals surface area (Å²) in [6.45, 7) is 7.58. The van der Waals surface area contributed by atoms with Crippen molar-refractivity contribution in [2.75, 3.05) is 31.1 Å². The first-order chi connectivity index (χ1) is 17.1. The van der Waals surface area contributed by atoms with Gasteiger partial charge in [0.15, 0.2) is 5.82 Å². The lowest BCUT2D eigenvalue weighted by molar-refractivity contribution is 0.0240. The first-order valence-corrected chi connectivity index (χ1v) is 12.0. The maximum Gasteiger partial charge on any atom is 0.410 e. The summed E-state index contributed by atoms with van der Waals surface area (Å²) in [6, 6.07) is 9.92. The number of hydrogen-bond acceptors (Lipinski definition) is 5. The van der Waals surface area contributed by atoms with Gasteiger partial charge in [0.05, 0.1) is 5.02 Å². The number of pyridine rings is 2. The molecular formula is C27H25ClF2N4O2. The van der Waals surface area contributed by atoms with E-state index in [2.05, 4.69) is 14.9 Å². The molecule has 36 heavy (non-hydrogen) atoms. The van der Waals surface area contributed by atoms with Crippen molar-refractivity contribution in [3.05, 3.63) is 65.4 Å². The highest BCUT2D eigenvalue weighted by Gasteiger charge is 2.27. The number of ether oxygens (including phenoxy) is 1. The number of nitrogens with zero attached hydrogens (tertiary/aromatic N) is 4. The largest absolute Gasteiger partial charge is 0.444 e. The maximum absolute atomic E-state index is 15.8. The van der Waals surface area contributed by atoms with E-state index in [4.69, 9.17) is 16.3 Å². The molecule has 0 N–H and O–H groups in total. The summed E-state index contributed by atoms with van der Waals surface area (Å²) in [6.07, 6.45) is 2.80. The summed E-state index contributed by atoms with van der Waals surface area (Å²) >= 11 is 6.26. The first kappa shape index (κ1) is 24.2. The number of amides is 1. The van der Waals surface area contributed by atoms with Gasteiger partial charge in [0.25, 0.3) is 0 Å². The van der Waals surface area contributed by atoms with E-state index in [1.54, 1.807) is 41.6 Å². The van der Waals surface area contributed by atoms with Crippen molar-refractivity contribution in [3.63, 3.8) is 0 Å². The highest BCUT2D eigenvalue weighted by atomic mass is 35.5. The number of anilines is 1. The van der Waals surface area contributed by atoms with Crippen LogP contribution in [0.15, 0.2) is 48.8 Å². The predicted molar refractivity (Wildman–Crippen MR) is 137 cm³/mol. The molecule has 0 spiro atoms. The van der Waals surface area contributed by atoms with E-state index in [0.717, 1.165) is 5.69 Å². The number of fused-ring (bicyclic) bond motifs is 2. The first-order valence-electron chi connectivity index (χ1n) is 11.7. The summed E-state index contributed by atoms with van der Waals surface area (Å²) in [4.78, 5) is 24.9. The van der Waals surface area contributed by atoms with Gasteiger partial charge in [0, 0.05) is 60.6 Å². The molecule has 0 atom stereocenters. The second kappa shape index (κ2) is 9.17. The van der Waals surface area contributed by atoms with Crippen molar-refractivity contribution < 1.29 is 18.3 Å². The van der Waals surface area contributed by atoms with Gasteiger partial charge in [0.1, 0.15) is 22.6 Å². The summed E-state index contributed by atoms with van der Waals surface area (Å²) in [7, 11) is 0. The van der Waals surface area contributed by atoms with Gasteiger partial charge < -0.3 is 14.5 Å². The average Bonchev–Trinajstić information content (AvgIpc) is 2.85. The fraction of sp³-hybridized carbons (Fsp3) is 0.296. The standard InChI is InChI=1S/C27H25ClF2N4O2/c1-27(2,3)36-26(35)34-13-11-33(12-14-34)20-9-10-31-25-18(20)15-32-24(23(25)30)17-6-4-5-16-7-8-19(29)22(28)21(16)17/h4-10,15H,11-14H2,1-3H3. The van der Waals surface area contributed by atoms with Gasteiger partial charge in [-0.15, -0.1) is 0 Å². The number of halogens is 3. The Hall–Kier alpha value is -3.52. The Bertz CT molecular complexity index is 1480. The maximum atomic E-state index is 15.8. The molecule has 0 bridgehead atoms. The van der Waals surface area contributed by atoms with E-state index < -0.39 is 17.2 Å². The molecule has 9 heteroatoms. The molecule has 1 saturated heterocycles. The Morgan fingerprint density at radius 1 is 1.03 bits per heavy atom. The van der Waals surface area contributed by atoms with Crippen LogP contribution in [0.25, 0.3) is 32.9 Å². The topological polar surface area (TPSA) is 58.6 Å². The van der Waals surface area contributed by atoms with E-state index in [-0.39, 0.29) is 22.3 Å². The Labute approximate surface area is 212 Å². The molecule has 0 radical (unpaired) electrons. The number of carbonyl (C=O) groups is 1. The third-order valence-electron chi connectivity index (χ3n) is 6.17. The minimum Gasteiger partial charge on any atom is -0.444 e. The number of carbonyl (C=O) groups excluding carboxylic acids is 1. The highest BCUT2D eigenvalue weighted by Crippen LogP contribution is 2.38. The van der Waals surface area contributed by atoms with Crippen molar-refractivity contribution in [1.29, 1.82) is 0 Å². The number of piperazine rings is 1. The summed E-state index contributed by atoms with van der Waals surface area (Å²) in [5.41, 5.74) is 0.839.